The highest BCUT2D eigenvalue weighted by atomic mass is 16.4. The molecule has 1 fully saturated rings. The number of aliphatic hydroxyl groups excluding tert-OH is 1. The maximum Gasteiger partial charge on any atom is 0.349 e. The monoisotopic (exact) mass is 315 g/mol. The first-order chi connectivity index (χ1) is 11.1. The van der Waals surface area contributed by atoms with Crippen molar-refractivity contribution >= 4 is 16.9 Å². The molecule has 0 aliphatic heterocycles. The zero-order valence-electron chi connectivity index (χ0n) is 13.2. The van der Waals surface area contributed by atoms with Gasteiger partial charge in [-0.3, -0.25) is 4.79 Å². The van der Waals surface area contributed by atoms with Crippen molar-refractivity contribution in [2.45, 2.75) is 38.6 Å². The fourth-order valence-corrected chi connectivity index (χ4v) is 3.31. The summed E-state index contributed by atoms with van der Waals surface area (Å²) in [6.45, 7) is 1.98. The number of hydrogen-bond donors (Lipinski definition) is 2. The van der Waals surface area contributed by atoms with Gasteiger partial charge in [-0.15, -0.1) is 0 Å². The smallest absolute Gasteiger partial charge is 0.349 e. The van der Waals surface area contributed by atoms with Gasteiger partial charge in [0.15, 0.2) is 0 Å². The van der Waals surface area contributed by atoms with Crippen molar-refractivity contribution in [3.8, 4) is 0 Å². The minimum Gasteiger partial charge on any atom is -0.422 e. The molecule has 0 atom stereocenters. The molecule has 1 saturated carbocycles. The number of carbonyl (C=O) groups is 1. The lowest BCUT2D eigenvalue weighted by Crippen LogP contribution is -2.40. The lowest BCUT2D eigenvalue weighted by Gasteiger charge is -2.28. The summed E-state index contributed by atoms with van der Waals surface area (Å²) in [5.41, 5.74) is 0.643. The number of amides is 1. The fourth-order valence-electron chi connectivity index (χ4n) is 3.31. The molecule has 2 aromatic rings. The van der Waals surface area contributed by atoms with Gasteiger partial charge in [0.1, 0.15) is 11.1 Å². The van der Waals surface area contributed by atoms with E-state index in [2.05, 4.69) is 5.32 Å². The lowest BCUT2D eigenvalue weighted by atomic mass is 9.86. The van der Waals surface area contributed by atoms with E-state index < -0.39 is 5.63 Å². The van der Waals surface area contributed by atoms with Gasteiger partial charge in [0.2, 0.25) is 0 Å². The SMILES string of the molecule is Cc1c(C(=O)NC2CCC(CO)CC2)c(=O)oc2ccccc12. The summed E-state index contributed by atoms with van der Waals surface area (Å²) in [7, 11) is 0. The summed E-state index contributed by atoms with van der Waals surface area (Å²) in [5, 5.41) is 12.9. The second kappa shape index (κ2) is 6.54. The second-order valence-corrected chi connectivity index (χ2v) is 6.26. The number of nitrogens with one attached hydrogen (secondary N) is 1. The molecule has 3 rings (SSSR count). The minimum absolute atomic E-state index is 0.0515. The number of fused-ring (bicyclic) bond motifs is 1. The Morgan fingerprint density at radius 3 is 2.65 bits per heavy atom. The Labute approximate surface area is 134 Å². The molecule has 5 nitrogen and oxygen atoms in total. The zero-order chi connectivity index (χ0) is 16.4. The molecule has 1 aliphatic carbocycles. The van der Waals surface area contributed by atoms with E-state index in [1.165, 1.54) is 0 Å². The topological polar surface area (TPSA) is 79.5 Å². The summed E-state index contributed by atoms with van der Waals surface area (Å²) in [6, 6.07) is 7.27. The zero-order valence-corrected chi connectivity index (χ0v) is 13.2. The van der Waals surface area contributed by atoms with Gasteiger partial charge < -0.3 is 14.8 Å². The van der Waals surface area contributed by atoms with Crippen molar-refractivity contribution in [3.63, 3.8) is 0 Å². The van der Waals surface area contributed by atoms with Crippen LogP contribution in [0.1, 0.15) is 41.6 Å². The number of carbonyl (C=O) groups excluding carboxylic acids is 1. The third kappa shape index (κ3) is 3.15. The van der Waals surface area contributed by atoms with Crippen molar-refractivity contribution in [2.75, 3.05) is 6.61 Å². The average Bonchev–Trinajstić information content (AvgIpc) is 2.55. The Kier molecular flexibility index (Phi) is 4.48. The maximum absolute atomic E-state index is 12.5. The van der Waals surface area contributed by atoms with Crippen molar-refractivity contribution in [1.82, 2.24) is 5.32 Å². The first-order valence-corrected chi connectivity index (χ1v) is 8.04. The summed E-state index contributed by atoms with van der Waals surface area (Å²) < 4.78 is 5.27. The largest absolute Gasteiger partial charge is 0.422 e. The number of hydrogen-bond acceptors (Lipinski definition) is 4. The first kappa shape index (κ1) is 15.7. The molecule has 0 saturated heterocycles. The van der Waals surface area contributed by atoms with Crippen LogP contribution in [0.15, 0.2) is 33.5 Å². The van der Waals surface area contributed by atoms with Gasteiger partial charge in [0, 0.05) is 18.0 Å². The molecule has 0 bridgehead atoms. The van der Waals surface area contributed by atoms with E-state index in [-0.39, 0.29) is 24.1 Å². The van der Waals surface area contributed by atoms with Gasteiger partial charge in [-0.05, 0) is 50.2 Å². The van der Waals surface area contributed by atoms with Crippen molar-refractivity contribution in [2.24, 2.45) is 5.92 Å². The van der Waals surface area contributed by atoms with Gasteiger partial charge in [-0.1, -0.05) is 18.2 Å². The van der Waals surface area contributed by atoms with Gasteiger partial charge in [-0.2, -0.15) is 0 Å². The van der Waals surface area contributed by atoms with Gasteiger partial charge in [0.25, 0.3) is 5.91 Å². The number of aliphatic hydroxyl groups is 1. The van der Waals surface area contributed by atoms with E-state index in [0.717, 1.165) is 31.1 Å². The average molecular weight is 315 g/mol. The van der Waals surface area contributed by atoms with Gasteiger partial charge >= 0.3 is 5.63 Å². The highest BCUT2D eigenvalue weighted by molar-refractivity contribution is 5.99. The van der Waals surface area contributed by atoms with Crippen LogP contribution in [0, 0.1) is 12.8 Å². The van der Waals surface area contributed by atoms with Crippen LogP contribution in [0.3, 0.4) is 0 Å². The Balaban J connectivity index is 1.83. The molecule has 1 aromatic heterocycles. The van der Waals surface area contributed by atoms with E-state index in [1.807, 2.05) is 12.1 Å². The maximum atomic E-state index is 12.5. The van der Waals surface area contributed by atoms with Crippen LogP contribution in [0.25, 0.3) is 11.0 Å². The molecule has 0 spiro atoms. The predicted molar refractivity (Wildman–Crippen MR) is 87.5 cm³/mol. The number of aryl methyl sites for hydroxylation is 1. The van der Waals surface area contributed by atoms with E-state index >= 15 is 0 Å². The van der Waals surface area contributed by atoms with Crippen molar-refractivity contribution < 1.29 is 14.3 Å². The lowest BCUT2D eigenvalue weighted by molar-refractivity contribution is 0.0910. The third-order valence-corrected chi connectivity index (χ3v) is 4.74. The molecule has 1 aliphatic rings. The van der Waals surface area contributed by atoms with Crippen LogP contribution in [-0.4, -0.2) is 23.7 Å². The fraction of sp³-hybridized carbons (Fsp3) is 0.444. The van der Waals surface area contributed by atoms with Gasteiger partial charge in [0.05, 0.1) is 0 Å². The normalized spacial score (nSPS) is 21.3. The van der Waals surface area contributed by atoms with Gasteiger partial charge in [-0.25, -0.2) is 4.79 Å². The van der Waals surface area contributed by atoms with E-state index in [4.69, 9.17) is 9.52 Å². The summed E-state index contributed by atoms with van der Waals surface area (Å²) in [5.74, 6) is -0.0370. The molecule has 0 unspecified atom stereocenters. The van der Waals surface area contributed by atoms with Crippen LogP contribution in [-0.2, 0) is 0 Å². The quantitative estimate of drug-likeness (QED) is 0.852. The van der Waals surface area contributed by atoms with E-state index in [9.17, 15) is 9.59 Å². The predicted octanol–water partition coefficient (Wildman–Crippen LogP) is 2.38. The molecule has 0 radical (unpaired) electrons. The number of para-hydroxylation sites is 1. The Morgan fingerprint density at radius 1 is 1.26 bits per heavy atom. The van der Waals surface area contributed by atoms with Crippen molar-refractivity contribution in [3.05, 3.63) is 45.8 Å². The first-order valence-electron chi connectivity index (χ1n) is 8.04. The number of rotatable bonds is 3. The molecule has 122 valence electrons. The summed E-state index contributed by atoms with van der Waals surface area (Å²) in [4.78, 5) is 24.7. The standard InChI is InChI=1S/C18H21NO4/c1-11-14-4-2-3-5-15(14)23-18(22)16(11)17(21)19-13-8-6-12(10-20)7-9-13/h2-5,12-13,20H,6-10H2,1H3,(H,19,21). The van der Waals surface area contributed by atoms with E-state index in [1.54, 1.807) is 19.1 Å². The van der Waals surface area contributed by atoms with Crippen LogP contribution >= 0.6 is 0 Å². The van der Waals surface area contributed by atoms with Crippen LogP contribution in [0.5, 0.6) is 0 Å². The molecule has 1 heterocycles. The molecule has 2 N–H and O–H groups in total. The summed E-state index contributed by atoms with van der Waals surface area (Å²) in [6.07, 6.45) is 3.45. The van der Waals surface area contributed by atoms with Crippen LogP contribution in [0.2, 0.25) is 0 Å². The molecule has 1 amide bonds. The third-order valence-electron chi connectivity index (χ3n) is 4.74. The number of benzene rings is 1. The van der Waals surface area contributed by atoms with Crippen LogP contribution < -0.4 is 10.9 Å². The molecule has 23 heavy (non-hydrogen) atoms. The Hall–Kier alpha value is -2.14. The minimum atomic E-state index is -0.595. The molecule has 1 aromatic carbocycles. The second-order valence-electron chi connectivity index (χ2n) is 6.26. The van der Waals surface area contributed by atoms with Crippen molar-refractivity contribution in [1.29, 1.82) is 0 Å². The van der Waals surface area contributed by atoms with E-state index in [0.29, 0.717) is 17.1 Å². The van der Waals surface area contributed by atoms with Crippen LogP contribution in [0.4, 0.5) is 0 Å². The molecule has 5 heteroatoms. The Morgan fingerprint density at radius 2 is 1.96 bits per heavy atom. The molecular weight excluding hydrogens is 294 g/mol. The Bertz CT molecular complexity index is 772. The summed E-state index contributed by atoms with van der Waals surface area (Å²) >= 11 is 0. The highest BCUT2D eigenvalue weighted by Crippen LogP contribution is 2.24. The molecular formula is C18H21NO4. The highest BCUT2D eigenvalue weighted by Gasteiger charge is 2.25.